The maximum Gasteiger partial charge on any atom is 0.278 e. The summed E-state index contributed by atoms with van der Waals surface area (Å²) < 4.78 is 9.52. The number of hydrogen-bond acceptors (Lipinski definition) is 5. The van der Waals surface area contributed by atoms with E-state index in [4.69, 9.17) is 10.00 Å². The second-order valence-corrected chi connectivity index (χ2v) is 6.37. The number of benzene rings is 1. The Labute approximate surface area is 141 Å². The van der Waals surface area contributed by atoms with Crippen LogP contribution in [-0.2, 0) is 0 Å². The quantitative estimate of drug-likeness (QED) is 0.698. The van der Waals surface area contributed by atoms with Gasteiger partial charge in [-0.3, -0.25) is 9.17 Å². The minimum Gasteiger partial charge on any atom is -0.487 e. The number of H-pyrrole nitrogens is 1. The van der Waals surface area contributed by atoms with E-state index in [0.717, 1.165) is 20.5 Å². The Morgan fingerprint density at radius 1 is 1.48 bits per heavy atom. The van der Waals surface area contributed by atoms with Crippen LogP contribution in [0.15, 0.2) is 38.5 Å². The summed E-state index contributed by atoms with van der Waals surface area (Å²) >= 11 is 7.92. The molecule has 0 atom stereocenters. The molecule has 0 unspecified atom stereocenters. The van der Waals surface area contributed by atoms with Gasteiger partial charge in [-0.15, -0.1) is 0 Å². The molecule has 0 spiro atoms. The van der Waals surface area contributed by atoms with Crippen LogP contribution < -0.4 is 15.6 Å². The van der Waals surface area contributed by atoms with Crippen LogP contribution in [0.1, 0.15) is 5.56 Å². The Hall–Kier alpha value is -1.56. The SMILES string of the molecule is C=CCOc1c(Br)cc(Nc2s[nH]c(=O)c2C#N)cc1Br. The van der Waals surface area contributed by atoms with Gasteiger partial charge < -0.3 is 10.1 Å². The lowest BCUT2D eigenvalue weighted by Gasteiger charge is -2.11. The van der Waals surface area contributed by atoms with Crippen molar-refractivity contribution >= 4 is 54.1 Å². The Bertz CT molecular complexity index is 753. The number of nitrogens with one attached hydrogen (secondary N) is 2. The fraction of sp³-hybridized carbons (Fsp3) is 0.0769. The van der Waals surface area contributed by atoms with Gasteiger partial charge in [0.25, 0.3) is 5.56 Å². The Morgan fingerprint density at radius 3 is 2.71 bits per heavy atom. The molecule has 2 aromatic rings. The number of nitriles is 1. The van der Waals surface area contributed by atoms with E-state index in [-0.39, 0.29) is 5.56 Å². The molecule has 0 aliphatic heterocycles. The standard InChI is InChI=1S/C13H9Br2N3O2S/c1-2-3-20-11-9(14)4-7(5-10(11)15)17-13-8(6-16)12(19)18-21-13/h2,4-5,17H,1,3H2,(H,18,19). The average molecular weight is 431 g/mol. The highest BCUT2D eigenvalue weighted by atomic mass is 79.9. The second kappa shape index (κ2) is 6.93. The van der Waals surface area contributed by atoms with Gasteiger partial charge in [0.15, 0.2) is 5.56 Å². The zero-order valence-electron chi connectivity index (χ0n) is 10.6. The van der Waals surface area contributed by atoms with E-state index in [1.165, 1.54) is 0 Å². The number of rotatable bonds is 5. The third-order valence-corrected chi connectivity index (χ3v) is 4.39. The Kier molecular flexibility index (Phi) is 5.22. The van der Waals surface area contributed by atoms with Crippen LogP contribution in [-0.4, -0.2) is 11.0 Å². The molecule has 0 aliphatic carbocycles. The third kappa shape index (κ3) is 3.56. The summed E-state index contributed by atoms with van der Waals surface area (Å²) in [6.07, 6.45) is 1.65. The number of aromatic nitrogens is 1. The molecule has 21 heavy (non-hydrogen) atoms. The molecule has 0 saturated heterocycles. The summed E-state index contributed by atoms with van der Waals surface area (Å²) in [5, 5.41) is 12.5. The van der Waals surface area contributed by atoms with Gasteiger partial charge in [0.1, 0.15) is 23.4 Å². The van der Waals surface area contributed by atoms with Gasteiger partial charge in [-0.25, -0.2) is 0 Å². The molecule has 1 aromatic carbocycles. The molecular formula is C13H9Br2N3O2S. The average Bonchev–Trinajstić information content (AvgIpc) is 2.78. The number of ether oxygens (including phenoxy) is 1. The summed E-state index contributed by atoms with van der Waals surface area (Å²) in [5.41, 5.74) is 0.389. The zero-order valence-corrected chi connectivity index (χ0v) is 14.6. The highest BCUT2D eigenvalue weighted by molar-refractivity contribution is 9.11. The predicted molar refractivity (Wildman–Crippen MR) is 90.5 cm³/mol. The number of halogens is 2. The first-order chi connectivity index (χ1) is 10.1. The van der Waals surface area contributed by atoms with Crippen molar-refractivity contribution in [1.82, 2.24) is 4.37 Å². The van der Waals surface area contributed by atoms with Crippen molar-refractivity contribution in [3.8, 4) is 11.8 Å². The molecule has 0 bridgehead atoms. The lowest BCUT2D eigenvalue weighted by Crippen LogP contribution is -2.03. The third-order valence-electron chi connectivity index (χ3n) is 2.41. The minimum atomic E-state index is -0.394. The van der Waals surface area contributed by atoms with Crippen LogP contribution in [0.3, 0.4) is 0 Å². The lowest BCUT2D eigenvalue weighted by molar-refractivity contribution is 0.358. The maximum absolute atomic E-state index is 11.4. The molecule has 0 fully saturated rings. The Balaban J connectivity index is 2.32. The van der Waals surface area contributed by atoms with Crippen LogP contribution in [0.4, 0.5) is 10.7 Å². The fourth-order valence-corrected chi connectivity index (χ4v) is 3.66. The van der Waals surface area contributed by atoms with Crippen LogP contribution in [0.25, 0.3) is 0 Å². The van der Waals surface area contributed by atoms with E-state index in [1.54, 1.807) is 18.2 Å². The van der Waals surface area contributed by atoms with E-state index >= 15 is 0 Å². The number of aromatic amines is 1. The van der Waals surface area contributed by atoms with E-state index in [9.17, 15) is 4.79 Å². The van der Waals surface area contributed by atoms with Gasteiger partial charge in [-0.05, 0) is 55.5 Å². The van der Waals surface area contributed by atoms with Crippen molar-refractivity contribution in [3.63, 3.8) is 0 Å². The molecule has 5 nitrogen and oxygen atoms in total. The van der Waals surface area contributed by atoms with Gasteiger partial charge in [-0.2, -0.15) is 5.26 Å². The minimum absolute atomic E-state index is 0.0687. The molecule has 8 heteroatoms. The van der Waals surface area contributed by atoms with Crippen molar-refractivity contribution in [1.29, 1.82) is 5.26 Å². The number of nitrogens with zero attached hydrogens (tertiary/aromatic N) is 1. The highest BCUT2D eigenvalue weighted by Gasteiger charge is 2.13. The van der Waals surface area contributed by atoms with E-state index in [2.05, 4.69) is 48.1 Å². The second-order valence-electron chi connectivity index (χ2n) is 3.84. The zero-order chi connectivity index (χ0) is 15.4. The van der Waals surface area contributed by atoms with Crippen LogP contribution in [0.2, 0.25) is 0 Å². The summed E-state index contributed by atoms with van der Waals surface area (Å²) in [6.45, 7) is 3.99. The summed E-state index contributed by atoms with van der Waals surface area (Å²) in [4.78, 5) is 11.4. The normalized spacial score (nSPS) is 9.95. The van der Waals surface area contributed by atoms with Crippen molar-refractivity contribution in [2.24, 2.45) is 0 Å². The van der Waals surface area contributed by atoms with Crippen LogP contribution >= 0.6 is 43.4 Å². The van der Waals surface area contributed by atoms with Crippen LogP contribution in [0, 0.1) is 11.3 Å². The number of anilines is 2. The van der Waals surface area contributed by atoms with E-state index < -0.39 is 5.56 Å². The maximum atomic E-state index is 11.4. The molecule has 0 aliphatic rings. The number of hydrogen-bond donors (Lipinski definition) is 2. The molecule has 108 valence electrons. The van der Waals surface area contributed by atoms with Gasteiger partial charge >= 0.3 is 0 Å². The first-order valence-electron chi connectivity index (χ1n) is 5.68. The summed E-state index contributed by atoms with van der Waals surface area (Å²) in [7, 11) is 0. The topological polar surface area (TPSA) is 77.9 Å². The van der Waals surface area contributed by atoms with Gasteiger partial charge in [0.05, 0.1) is 8.95 Å². The smallest absolute Gasteiger partial charge is 0.278 e. The molecule has 2 N–H and O–H groups in total. The Morgan fingerprint density at radius 2 is 2.14 bits per heavy atom. The molecule has 1 aromatic heterocycles. The van der Waals surface area contributed by atoms with Gasteiger partial charge in [0.2, 0.25) is 0 Å². The van der Waals surface area contributed by atoms with Gasteiger partial charge in [-0.1, -0.05) is 12.7 Å². The van der Waals surface area contributed by atoms with Crippen molar-refractivity contribution < 1.29 is 4.74 Å². The van der Waals surface area contributed by atoms with Crippen molar-refractivity contribution in [3.05, 3.63) is 49.7 Å². The van der Waals surface area contributed by atoms with E-state index in [0.29, 0.717) is 23.0 Å². The molecular weight excluding hydrogens is 422 g/mol. The molecule has 0 radical (unpaired) electrons. The van der Waals surface area contributed by atoms with Crippen LogP contribution in [0.5, 0.6) is 5.75 Å². The highest BCUT2D eigenvalue weighted by Crippen LogP contribution is 2.37. The summed E-state index contributed by atoms with van der Waals surface area (Å²) in [6, 6.07) is 5.48. The largest absolute Gasteiger partial charge is 0.487 e. The van der Waals surface area contributed by atoms with E-state index in [1.807, 2.05) is 6.07 Å². The van der Waals surface area contributed by atoms with Crippen molar-refractivity contribution in [2.45, 2.75) is 0 Å². The molecule has 0 saturated carbocycles. The molecule has 2 rings (SSSR count). The van der Waals surface area contributed by atoms with Crippen molar-refractivity contribution in [2.75, 3.05) is 11.9 Å². The summed E-state index contributed by atoms with van der Waals surface area (Å²) in [5.74, 6) is 0.656. The predicted octanol–water partition coefficient (Wildman–Crippen LogP) is 4.14. The lowest BCUT2D eigenvalue weighted by atomic mass is 10.3. The monoisotopic (exact) mass is 429 g/mol. The first kappa shape index (κ1) is 15.8. The first-order valence-corrected chi connectivity index (χ1v) is 8.08. The molecule has 1 heterocycles. The van der Waals surface area contributed by atoms with Gasteiger partial charge in [0, 0.05) is 5.69 Å². The fourth-order valence-electron chi connectivity index (χ4n) is 1.54. The molecule has 0 amide bonds.